The van der Waals surface area contributed by atoms with E-state index < -0.39 is 0 Å². The van der Waals surface area contributed by atoms with Crippen LogP contribution in [0, 0.1) is 11.8 Å². The Morgan fingerprint density at radius 1 is 1.12 bits per heavy atom. The van der Waals surface area contributed by atoms with Gasteiger partial charge in [0.25, 0.3) is 0 Å². The van der Waals surface area contributed by atoms with Crippen molar-refractivity contribution in [2.45, 2.75) is 64.8 Å². The predicted octanol–water partition coefficient (Wildman–Crippen LogP) is 4.65. The molecule has 0 unspecified atom stereocenters. The summed E-state index contributed by atoms with van der Waals surface area (Å²) < 4.78 is 1.94. The van der Waals surface area contributed by atoms with Gasteiger partial charge >= 0.3 is 0 Å². The molecule has 1 aliphatic rings. The zero-order valence-electron chi connectivity index (χ0n) is 19.1. The van der Waals surface area contributed by atoms with E-state index in [1.165, 1.54) is 0 Å². The molecule has 1 amide bonds. The molecule has 2 heterocycles. The summed E-state index contributed by atoms with van der Waals surface area (Å²) in [6, 6.07) is 13.7. The standard InChI is InChI=1S/C26H32N4O2/c1-17(2)15-22(25-29-28-24-9-4-5-14-30(24)25)27-26(32)18(3)20-12-10-19(11-13-20)16-21-7-6-8-23(21)31/h4-5,9-14,17-18,21-22H,6-8,15-16H2,1-3H3,(H,27,32)/t18-,21-,22-/m0/s1. The van der Waals surface area contributed by atoms with E-state index >= 15 is 0 Å². The quantitative estimate of drug-likeness (QED) is 0.562. The van der Waals surface area contributed by atoms with Gasteiger partial charge in [0.1, 0.15) is 5.78 Å². The fourth-order valence-electron chi connectivity index (χ4n) is 4.58. The molecule has 4 rings (SSSR count). The van der Waals surface area contributed by atoms with Crippen LogP contribution in [0.15, 0.2) is 48.7 Å². The number of hydrogen-bond acceptors (Lipinski definition) is 4. The van der Waals surface area contributed by atoms with Crippen LogP contribution in [0.3, 0.4) is 0 Å². The normalized spacial score (nSPS) is 18.2. The fourth-order valence-corrected chi connectivity index (χ4v) is 4.58. The monoisotopic (exact) mass is 432 g/mol. The predicted molar refractivity (Wildman–Crippen MR) is 124 cm³/mol. The van der Waals surface area contributed by atoms with Crippen LogP contribution in [0.5, 0.6) is 0 Å². The van der Waals surface area contributed by atoms with Crippen molar-refractivity contribution in [2.24, 2.45) is 11.8 Å². The second-order valence-electron chi connectivity index (χ2n) is 9.40. The van der Waals surface area contributed by atoms with Crippen LogP contribution in [0.4, 0.5) is 0 Å². The third-order valence-corrected chi connectivity index (χ3v) is 6.46. The van der Waals surface area contributed by atoms with Gasteiger partial charge in [-0.3, -0.25) is 14.0 Å². The van der Waals surface area contributed by atoms with Crippen LogP contribution < -0.4 is 5.32 Å². The highest BCUT2D eigenvalue weighted by molar-refractivity contribution is 5.84. The second-order valence-corrected chi connectivity index (χ2v) is 9.40. The van der Waals surface area contributed by atoms with Crippen molar-refractivity contribution in [3.8, 4) is 0 Å². The maximum absolute atomic E-state index is 13.2. The van der Waals surface area contributed by atoms with E-state index in [1.54, 1.807) is 0 Å². The lowest BCUT2D eigenvalue weighted by Gasteiger charge is -2.22. The van der Waals surface area contributed by atoms with Crippen molar-refractivity contribution in [1.82, 2.24) is 19.9 Å². The summed E-state index contributed by atoms with van der Waals surface area (Å²) in [7, 11) is 0. The van der Waals surface area contributed by atoms with Crippen molar-refractivity contribution >= 4 is 17.3 Å². The molecule has 0 saturated heterocycles. The number of benzene rings is 1. The van der Waals surface area contributed by atoms with Gasteiger partial charge in [-0.15, -0.1) is 10.2 Å². The highest BCUT2D eigenvalue weighted by Gasteiger charge is 2.26. The van der Waals surface area contributed by atoms with Crippen LogP contribution in [-0.2, 0) is 16.0 Å². The molecule has 1 N–H and O–H groups in total. The Kier molecular flexibility index (Phi) is 6.68. The Bertz CT molecular complexity index is 1090. The summed E-state index contributed by atoms with van der Waals surface area (Å²) in [5.74, 6) is 1.39. The molecule has 0 bridgehead atoms. The molecule has 1 aromatic carbocycles. The van der Waals surface area contributed by atoms with Gasteiger partial charge < -0.3 is 5.32 Å². The maximum Gasteiger partial charge on any atom is 0.227 e. The molecular weight excluding hydrogens is 400 g/mol. The molecule has 0 radical (unpaired) electrons. The van der Waals surface area contributed by atoms with E-state index in [0.717, 1.165) is 54.7 Å². The van der Waals surface area contributed by atoms with E-state index in [4.69, 9.17) is 0 Å². The minimum atomic E-state index is -0.286. The average molecular weight is 433 g/mol. The fraction of sp³-hybridized carbons (Fsp3) is 0.462. The summed E-state index contributed by atoms with van der Waals surface area (Å²) >= 11 is 0. The number of rotatable bonds is 8. The van der Waals surface area contributed by atoms with Gasteiger partial charge in [-0.25, -0.2) is 0 Å². The van der Waals surface area contributed by atoms with Gasteiger partial charge in [0.15, 0.2) is 11.5 Å². The number of ketones is 1. The lowest BCUT2D eigenvalue weighted by atomic mass is 9.93. The van der Waals surface area contributed by atoms with Crippen LogP contribution >= 0.6 is 0 Å². The molecule has 6 nitrogen and oxygen atoms in total. The van der Waals surface area contributed by atoms with E-state index in [0.29, 0.717) is 11.7 Å². The lowest BCUT2D eigenvalue weighted by molar-refractivity contribution is -0.123. The van der Waals surface area contributed by atoms with Crippen molar-refractivity contribution in [3.63, 3.8) is 0 Å². The molecule has 0 aliphatic heterocycles. The first-order valence-corrected chi connectivity index (χ1v) is 11.6. The Hall–Kier alpha value is -3.02. The summed E-state index contributed by atoms with van der Waals surface area (Å²) in [5.41, 5.74) is 2.91. The van der Waals surface area contributed by atoms with Gasteiger partial charge in [-0.1, -0.05) is 44.2 Å². The molecule has 2 aromatic heterocycles. The number of carbonyl (C=O) groups is 2. The van der Waals surface area contributed by atoms with Gasteiger partial charge in [-0.05, 0) is 61.8 Å². The Balaban J connectivity index is 1.46. The van der Waals surface area contributed by atoms with Crippen LogP contribution in [0.1, 0.15) is 75.4 Å². The number of fused-ring (bicyclic) bond motifs is 1. The van der Waals surface area contributed by atoms with Gasteiger partial charge in [-0.2, -0.15) is 0 Å². The van der Waals surface area contributed by atoms with Gasteiger partial charge in [0.05, 0.1) is 12.0 Å². The molecule has 3 atom stereocenters. The maximum atomic E-state index is 13.2. The van der Waals surface area contributed by atoms with Crippen LogP contribution in [0.25, 0.3) is 5.65 Å². The van der Waals surface area contributed by atoms with E-state index in [2.05, 4.69) is 41.5 Å². The van der Waals surface area contributed by atoms with Gasteiger partial charge in [0, 0.05) is 18.5 Å². The minimum absolute atomic E-state index is 0.0259. The largest absolute Gasteiger partial charge is 0.346 e. The molecule has 6 heteroatoms. The smallest absolute Gasteiger partial charge is 0.227 e. The van der Waals surface area contributed by atoms with E-state index in [1.807, 2.05) is 47.9 Å². The Morgan fingerprint density at radius 2 is 1.91 bits per heavy atom. The molecule has 3 aromatic rings. The van der Waals surface area contributed by atoms with E-state index in [9.17, 15) is 9.59 Å². The first-order valence-electron chi connectivity index (χ1n) is 11.6. The number of nitrogens with zero attached hydrogens (tertiary/aromatic N) is 3. The number of carbonyl (C=O) groups excluding carboxylic acids is 2. The number of nitrogens with one attached hydrogen (secondary N) is 1. The number of pyridine rings is 1. The molecule has 1 fully saturated rings. The second kappa shape index (κ2) is 9.63. The highest BCUT2D eigenvalue weighted by Crippen LogP contribution is 2.27. The topological polar surface area (TPSA) is 76.4 Å². The number of Topliss-reactive ketones (excluding diaryl/α,β-unsaturated/α-hetero) is 1. The molecular formula is C26H32N4O2. The highest BCUT2D eigenvalue weighted by atomic mass is 16.2. The summed E-state index contributed by atoms with van der Waals surface area (Å²) in [4.78, 5) is 25.1. The Labute approximate surface area is 189 Å². The summed E-state index contributed by atoms with van der Waals surface area (Å²) in [6.45, 7) is 6.21. The van der Waals surface area contributed by atoms with Crippen molar-refractivity contribution in [2.75, 3.05) is 0 Å². The molecule has 1 aliphatic carbocycles. The number of hydrogen-bond donors (Lipinski definition) is 1. The average Bonchev–Trinajstić information content (AvgIpc) is 3.39. The van der Waals surface area contributed by atoms with Crippen LogP contribution in [-0.4, -0.2) is 26.3 Å². The molecule has 0 spiro atoms. The summed E-state index contributed by atoms with van der Waals surface area (Å²) in [5, 5.41) is 11.8. The minimum Gasteiger partial charge on any atom is -0.346 e. The first-order chi connectivity index (χ1) is 15.4. The third kappa shape index (κ3) is 4.90. The first kappa shape index (κ1) is 22.2. The summed E-state index contributed by atoms with van der Waals surface area (Å²) in [6.07, 6.45) is 6.24. The SMILES string of the molecule is CC(C)C[C@H](NC(=O)[C@@H](C)c1ccc(C[C@@H]2CCCC2=O)cc1)c1nnc2ccccn12. The van der Waals surface area contributed by atoms with Crippen molar-refractivity contribution in [1.29, 1.82) is 0 Å². The van der Waals surface area contributed by atoms with E-state index in [-0.39, 0.29) is 23.8 Å². The number of aromatic nitrogens is 3. The zero-order valence-corrected chi connectivity index (χ0v) is 19.1. The molecule has 32 heavy (non-hydrogen) atoms. The van der Waals surface area contributed by atoms with Crippen molar-refractivity contribution < 1.29 is 9.59 Å². The molecule has 1 saturated carbocycles. The lowest BCUT2D eigenvalue weighted by Crippen LogP contribution is -2.33. The van der Waals surface area contributed by atoms with Crippen LogP contribution in [0.2, 0.25) is 0 Å². The van der Waals surface area contributed by atoms with Crippen molar-refractivity contribution in [3.05, 3.63) is 65.6 Å². The van der Waals surface area contributed by atoms with Gasteiger partial charge in [0.2, 0.25) is 5.91 Å². The zero-order chi connectivity index (χ0) is 22.7. The number of amides is 1. The third-order valence-electron chi connectivity index (χ3n) is 6.46. The molecule has 168 valence electrons. The Morgan fingerprint density at radius 3 is 2.59 bits per heavy atom.